The predicted octanol–water partition coefficient (Wildman–Crippen LogP) is 2.62. The van der Waals surface area contributed by atoms with E-state index >= 15 is 0 Å². The Bertz CT molecular complexity index is 436. The molecule has 1 atom stereocenters. The topological polar surface area (TPSA) is 62.2 Å². The first-order valence-corrected chi connectivity index (χ1v) is 6.96. The number of carbonyl (C=O) groups is 1. The maximum atomic E-state index is 13.8. The molecule has 0 radical (unpaired) electrons. The van der Waals surface area contributed by atoms with Crippen molar-refractivity contribution in [1.82, 2.24) is 4.98 Å². The van der Waals surface area contributed by atoms with Gasteiger partial charge in [-0.1, -0.05) is 6.42 Å². The van der Waals surface area contributed by atoms with E-state index in [1.54, 1.807) is 0 Å². The number of hydrogen-bond donors (Lipinski definition) is 2. The molecule has 0 bridgehead atoms. The molecule has 2 heterocycles. The predicted molar refractivity (Wildman–Crippen MR) is 69.7 cm³/mol. The van der Waals surface area contributed by atoms with Crippen LogP contribution in [0, 0.1) is 5.82 Å². The maximum Gasteiger partial charge on any atom is 0.338 e. The van der Waals surface area contributed by atoms with Crippen molar-refractivity contribution in [3.8, 4) is 0 Å². The van der Waals surface area contributed by atoms with E-state index in [4.69, 9.17) is 5.11 Å². The fourth-order valence-electron chi connectivity index (χ4n) is 1.91. The second-order valence-corrected chi connectivity index (χ2v) is 5.60. The van der Waals surface area contributed by atoms with Gasteiger partial charge in [-0.2, -0.15) is 11.8 Å². The lowest BCUT2D eigenvalue weighted by Gasteiger charge is -2.21. The number of rotatable bonds is 4. The van der Waals surface area contributed by atoms with Crippen molar-refractivity contribution < 1.29 is 14.3 Å². The molecule has 1 aromatic rings. The molecule has 18 heavy (non-hydrogen) atoms. The molecule has 6 heteroatoms. The Labute approximate surface area is 109 Å². The highest BCUT2D eigenvalue weighted by Crippen LogP contribution is 2.25. The average Bonchev–Trinajstić information content (AvgIpc) is 2.38. The lowest BCUT2D eigenvalue weighted by molar-refractivity contribution is 0.0692. The molecule has 1 saturated heterocycles. The minimum Gasteiger partial charge on any atom is -0.478 e. The molecule has 2 rings (SSSR count). The zero-order chi connectivity index (χ0) is 13.0. The third kappa shape index (κ3) is 3.13. The zero-order valence-corrected chi connectivity index (χ0v) is 10.7. The summed E-state index contributed by atoms with van der Waals surface area (Å²) < 4.78 is 13.8. The summed E-state index contributed by atoms with van der Waals surface area (Å²) in [6, 6.07) is 1.16. The van der Waals surface area contributed by atoms with Crippen LogP contribution in [0.25, 0.3) is 0 Å². The Morgan fingerprint density at radius 1 is 1.61 bits per heavy atom. The highest BCUT2D eigenvalue weighted by Gasteiger charge is 2.17. The van der Waals surface area contributed by atoms with Gasteiger partial charge in [0.2, 0.25) is 0 Å². The normalized spacial score (nSPS) is 19.5. The van der Waals surface area contributed by atoms with Gasteiger partial charge in [-0.15, -0.1) is 0 Å². The second kappa shape index (κ2) is 6.04. The van der Waals surface area contributed by atoms with Crippen LogP contribution in [0.4, 0.5) is 10.2 Å². The monoisotopic (exact) mass is 270 g/mol. The molecule has 2 N–H and O–H groups in total. The van der Waals surface area contributed by atoms with Crippen molar-refractivity contribution in [2.45, 2.75) is 24.5 Å². The average molecular weight is 270 g/mol. The summed E-state index contributed by atoms with van der Waals surface area (Å²) in [6.45, 7) is 0.623. The van der Waals surface area contributed by atoms with Gasteiger partial charge in [-0.05, 0) is 24.7 Å². The van der Waals surface area contributed by atoms with Gasteiger partial charge in [0.1, 0.15) is 5.56 Å². The number of anilines is 1. The van der Waals surface area contributed by atoms with Crippen molar-refractivity contribution >= 4 is 23.5 Å². The van der Waals surface area contributed by atoms with Gasteiger partial charge in [0.15, 0.2) is 11.6 Å². The highest BCUT2D eigenvalue weighted by atomic mass is 32.2. The van der Waals surface area contributed by atoms with Gasteiger partial charge in [-0.25, -0.2) is 14.2 Å². The Morgan fingerprint density at radius 2 is 2.44 bits per heavy atom. The van der Waals surface area contributed by atoms with Gasteiger partial charge in [-0.3, -0.25) is 0 Å². The van der Waals surface area contributed by atoms with E-state index in [0.29, 0.717) is 11.8 Å². The van der Waals surface area contributed by atoms with Crippen LogP contribution in [-0.4, -0.2) is 33.6 Å². The van der Waals surface area contributed by atoms with Crippen LogP contribution < -0.4 is 5.32 Å². The summed E-state index contributed by atoms with van der Waals surface area (Å²) in [6.07, 6.45) is 4.85. The molecule has 0 amide bonds. The molecule has 98 valence electrons. The van der Waals surface area contributed by atoms with E-state index in [0.717, 1.165) is 18.2 Å². The number of hydrogen-bond acceptors (Lipinski definition) is 4. The Balaban J connectivity index is 2.00. The number of thioether (sulfide) groups is 1. The van der Waals surface area contributed by atoms with Crippen LogP contribution in [0.1, 0.15) is 29.6 Å². The molecule has 0 spiro atoms. The van der Waals surface area contributed by atoms with Crippen molar-refractivity contribution in [3.05, 3.63) is 23.6 Å². The van der Waals surface area contributed by atoms with E-state index in [2.05, 4.69) is 10.3 Å². The minimum absolute atomic E-state index is 0.0288. The smallest absolute Gasteiger partial charge is 0.338 e. The van der Waals surface area contributed by atoms with E-state index in [-0.39, 0.29) is 11.4 Å². The largest absolute Gasteiger partial charge is 0.478 e. The Morgan fingerprint density at radius 3 is 3.11 bits per heavy atom. The summed E-state index contributed by atoms with van der Waals surface area (Å²) in [5.74, 6) is -0.894. The van der Waals surface area contributed by atoms with Gasteiger partial charge in [0.25, 0.3) is 0 Å². The zero-order valence-electron chi connectivity index (χ0n) is 9.86. The Kier molecular flexibility index (Phi) is 4.41. The van der Waals surface area contributed by atoms with Crippen LogP contribution in [0.2, 0.25) is 0 Å². The summed E-state index contributed by atoms with van der Waals surface area (Å²) in [5.41, 5.74) is -0.344. The van der Waals surface area contributed by atoms with E-state index in [9.17, 15) is 9.18 Å². The van der Waals surface area contributed by atoms with Crippen LogP contribution in [0.15, 0.2) is 12.3 Å². The summed E-state index contributed by atoms with van der Waals surface area (Å²) >= 11 is 1.87. The number of carboxylic acids is 1. The molecular formula is C12H15FN2O2S. The summed E-state index contributed by atoms with van der Waals surface area (Å²) in [7, 11) is 0. The van der Waals surface area contributed by atoms with Crippen molar-refractivity contribution in [1.29, 1.82) is 0 Å². The molecular weight excluding hydrogens is 255 g/mol. The van der Waals surface area contributed by atoms with Crippen molar-refractivity contribution in [2.24, 2.45) is 0 Å². The lowest BCUT2D eigenvalue weighted by Crippen LogP contribution is -2.21. The number of nitrogens with one attached hydrogen (secondary N) is 1. The summed E-state index contributed by atoms with van der Waals surface area (Å²) in [5, 5.41) is 12.2. The number of aromatic carboxylic acids is 1. The Hall–Kier alpha value is -1.30. The van der Waals surface area contributed by atoms with Crippen LogP contribution in [0.5, 0.6) is 0 Å². The van der Waals surface area contributed by atoms with E-state index in [1.807, 2.05) is 11.8 Å². The van der Waals surface area contributed by atoms with Gasteiger partial charge in [0.05, 0.1) is 0 Å². The molecule has 0 aromatic carbocycles. The fourth-order valence-corrected chi connectivity index (χ4v) is 3.15. The number of pyridine rings is 1. The van der Waals surface area contributed by atoms with Crippen molar-refractivity contribution in [3.63, 3.8) is 0 Å². The lowest BCUT2D eigenvalue weighted by atomic mass is 10.2. The highest BCUT2D eigenvalue weighted by molar-refractivity contribution is 7.99. The SMILES string of the molecule is O=C(O)c1ccnc(NCC2CCCCS2)c1F. The molecule has 0 aliphatic carbocycles. The van der Waals surface area contributed by atoms with E-state index in [1.165, 1.54) is 19.0 Å². The number of aromatic nitrogens is 1. The van der Waals surface area contributed by atoms with Gasteiger partial charge in [0, 0.05) is 18.0 Å². The number of halogens is 1. The third-order valence-electron chi connectivity index (χ3n) is 2.89. The minimum atomic E-state index is -1.27. The van der Waals surface area contributed by atoms with Crippen LogP contribution in [0.3, 0.4) is 0 Å². The summed E-state index contributed by atoms with van der Waals surface area (Å²) in [4.78, 5) is 14.6. The third-order valence-corrected chi connectivity index (χ3v) is 4.29. The number of carboxylic acid groups (broad SMARTS) is 1. The molecule has 1 aliphatic heterocycles. The number of nitrogens with zero attached hydrogens (tertiary/aromatic N) is 1. The van der Waals surface area contributed by atoms with Gasteiger partial charge < -0.3 is 10.4 Å². The molecule has 4 nitrogen and oxygen atoms in total. The molecule has 1 fully saturated rings. The molecule has 1 aromatic heterocycles. The quantitative estimate of drug-likeness (QED) is 0.880. The van der Waals surface area contributed by atoms with Crippen LogP contribution >= 0.6 is 11.8 Å². The molecule has 1 unspecified atom stereocenters. The van der Waals surface area contributed by atoms with Crippen molar-refractivity contribution in [2.75, 3.05) is 17.6 Å². The first kappa shape index (κ1) is 13.1. The van der Waals surface area contributed by atoms with Crippen LogP contribution in [-0.2, 0) is 0 Å². The molecule has 1 aliphatic rings. The first-order valence-electron chi connectivity index (χ1n) is 5.91. The fraction of sp³-hybridized carbons (Fsp3) is 0.500. The second-order valence-electron chi connectivity index (χ2n) is 4.20. The van der Waals surface area contributed by atoms with Gasteiger partial charge >= 0.3 is 5.97 Å². The van der Waals surface area contributed by atoms with E-state index < -0.39 is 11.8 Å². The standard InChI is InChI=1S/C12H15FN2O2S/c13-10-9(12(16)17)4-5-14-11(10)15-7-8-3-1-2-6-18-8/h4-5,8H,1-3,6-7H2,(H,14,15)(H,16,17). The molecule has 0 saturated carbocycles. The maximum absolute atomic E-state index is 13.8. The first-order chi connectivity index (χ1) is 8.68.